The number of hydrogen-bond donors (Lipinski definition) is 0. The summed E-state index contributed by atoms with van der Waals surface area (Å²) in [5, 5.41) is 0. The van der Waals surface area contributed by atoms with Crippen LogP contribution >= 0.6 is 0 Å². The Morgan fingerprint density at radius 1 is 0.889 bits per heavy atom. The Labute approximate surface area is 110 Å². The lowest BCUT2D eigenvalue weighted by Crippen LogP contribution is -1.84. The van der Waals surface area contributed by atoms with Crippen molar-refractivity contribution in [3.63, 3.8) is 0 Å². The molecule has 0 aliphatic heterocycles. The number of aryl methyl sites for hydroxylation is 2. The van der Waals surface area contributed by atoms with Crippen LogP contribution in [0.5, 0.6) is 0 Å². The third kappa shape index (κ3) is 2.89. The van der Waals surface area contributed by atoms with Gasteiger partial charge in [-0.2, -0.15) is 0 Å². The van der Waals surface area contributed by atoms with Crippen LogP contribution < -0.4 is 0 Å². The zero-order valence-electron chi connectivity index (χ0n) is 11.4. The van der Waals surface area contributed by atoms with E-state index >= 15 is 0 Å². The van der Waals surface area contributed by atoms with E-state index in [1.54, 1.807) is 0 Å². The molecule has 0 atom stereocenters. The maximum Gasteiger partial charge on any atom is -0.0181 e. The molecule has 18 heavy (non-hydrogen) atoms. The van der Waals surface area contributed by atoms with E-state index in [1.165, 1.54) is 27.8 Å². The molecule has 0 spiro atoms. The summed E-state index contributed by atoms with van der Waals surface area (Å²) in [5.41, 5.74) is 6.53. The minimum absolute atomic E-state index is 1.08. The van der Waals surface area contributed by atoms with Crippen LogP contribution in [0.1, 0.15) is 30.0 Å². The van der Waals surface area contributed by atoms with Crippen molar-refractivity contribution in [3.05, 3.63) is 65.2 Å². The largest absolute Gasteiger partial charge is 0.0842 e. The second kappa shape index (κ2) is 5.68. The summed E-state index contributed by atoms with van der Waals surface area (Å²) >= 11 is 0. The molecule has 2 aromatic carbocycles. The van der Waals surface area contributed by atoms with Gasteiger partial charge in [-0.05, 0) is 42.5 Å². The third-order valence-corrected chi connectivity index (χ3v) is 3.19. The van der Waals surface area contributed by atoms with E-state index in [-0.39, 0.29) is 0 Å². The number of hydrogen-bond acceptors (Lipinski definition) is 0. The molecular weight excluding hydrogens is 216 g/mol. The van der Waals surface area contributed by atoms with Crippen molar-refractivity contribution in [1.82, 2.24) is 0 Å². The Balaban J connectivity index is 2.34. The van der Waals surface area contributed by atoms with Crippen LogP contribution in [0.2, 0.25) is 0 Å². The van der Waals surface area contributed by atoms with Gasteiger partial charge in [0.2, 0.25) is 0 Å². The van der Waals surface area contributed by atoms with E-state index in [0.29, 0.717) is 0 Å². The number of rotatable bonds is 3. The summed E-state index contributed by atoms with van der Waals surface area (Å²) in [6.45, 7) is 6.45. The lowest BCUT2D eigenvalue weighted by atomic mass is 9.99. The fourth-order valence-corrected chi connectivity index (χ4v) is 2.03. The second-order valence-corrected chi connectivity index (χ2v) is 4.75. The molecule has 0 amide bonds. The minimum Gasteiger partial charge on any atom is -0.0842 e. The average molecular weight is 236 g/mol. The highest BCUT2D eigenvalue weighted by Gasteiger charge is 2.00. The van der Waals surface area contributed by atoms with Crippen molar-refractivity contribution >= 4 is 6.08 Å². The molecule has 0 saturated heterocycles. The number of benzene rings is 2. The van der Waals surface area contributed by atoms with Crippen molar-refractivity contribution in [1.29, 1.82) is 0 Å². The highest BCUT2D eigenvalue weighted by atomic mass is 14.0. The highest BCUT2D eigenvalue weighted by Crippen LogP contribution is 2.23. The molecule has 0 fully saturated rings. The quantitative estimate of drug-likeness (QED) is 0.670. The first-order valence-electron chi connectivity index (χ1n) is 6.55. The Bertz CT molecular complexity index is 545. The first kappa shape index (κ1) is 12.6. The van der Waals surface area contributed by atoms with Crippen molar-refractivity contribution in [2.24, 2.45) is 0 Å². The predicted octanol–water partition coefficient (Wildman–Crippen LogP) is 5.39. The van der Waals surface area contributed by atoms with Gasteiger partial charge in [0, 0.05) is 0 Å². The molecule has 2 rings (SSSR count). The summed E-state index contributed by atoms with van der Waals surface area (Å²) in [6, 6.07) is 15.4. The van der Waals surface area contributed by atoms with Gasteiger partial charge in [-0.3, -0.25) is 0 Å². The lowest BCUT2D eigenvalue weighted by Gasteiger charge is -2.06. The normalized spacial score (nSPS) is 11.1. The molecule has 0 heteroatoms. The molecule has 0 aliphatic rings. The van der Waals surface area contributed by atoms with Crippen LogP contribution in [-0.2, 0) is 0 Å². The molecular formula is C18H20. The predicted molar refractivity (Wildman–Crippen MR) is 80.7 cm³/mol. The van der Waals surface area contributed by atoms with Gasteiger partial charge in [-0.1, -0.05) is 67.1 Å². The maximum absolute atomic E-state index is 2.26. The van der Waals surface area contributed by atoms with Crippen molar-refractivity contribution in [2.75, 3.05) is 0 Å². The van der Waals surface area contributed by atoms with Crippen LogP contribution in [0.25, 0.3) is 17.2 Å². The molecule has 0 aromatic heterocycles. The van der Waals surface area contributed by atoms with Gasteiger partial charge in [-0.15, -0.1) is 0 Å². The van der Waals surface area contributed by atoms with E-state index in [4.69, 9.17) is 0 Å². The molecule has 0 bridgehead atoms. The third-order valence-electron chi connectivity index (χ3n) is 3.19. The van der Waals surface area contributed by atoms with Gasteiger partial charge < -0.3 is 0 Å². The van der Waals surface area contributed by atoms with E-state index < -0.39 is 0 Å². The van der Waals surface area contributed by atoms with E-state index in [0.717, 1.165) is 6.42 Å². The van der Waals surface area contributed by atoms with Gasteiger partial charge in [0.1, 0.15) is 0 Å². The number of allylic oxidation sites excluding steroid dienone is 1. The van der Waals surface area contributed by atoms with E-state index in [1.807, 2.05) is 0 Å². The first-order valence-corrected chi connectivity index (χ1v) is 6.55. The van der Waals surface area contributed by atoms with Crippen LogP contribution in [0.4, 0.5) is 0 Å². The Morgan fingerprint density at radius 2 is 1.56 bits per heavy atom. The topological polar surface area (TPSA) is 0 Å². The molecule has 0 aliphatic carbocycles. The fourth-order valence-electron chi connectivity index (χ4n) is 2.03. The Hall–Kier alpha value is -1.82. The maximum atomic E-state index is 2.26. The SMILES string of the molecule is CC/C=C\c1ccc(-c2ccc(C)cc2)cc1C. The molecule has 2 aromatic rings. The van der Waals surface area contributed by atoms with Crippen molar-refractivity contribution in [2.45, 2.75) is 27.2 Å². The first-order chi connectivity index (χ1) is 8.70. The fraction of sp³-hybridized carbons (Fsp3) is 0.222. The molecule has 92 valence electrons. The zero-order valence-corrected chi connectivity index (χ0v) is 11.4. The van der Waals surface area contributed by atoms with Gasteiger partial charge in [-0.25, -0.2) is 0 Å². The molecule has 0 saturated carbocycles. The smallest absolute Gasteiger partial charge is 0.0181 e. The average Bonchev–Trinajstić information content (AvgIpc) is 2.38. The Kier molecular flexibility index (Phi) is 3.99. The van der Waals surface area contributed by atoms with Crippen LogP contribution in [0, 0.1) is 13.8 Å². The van der Waals surface area contributed by atoms with E-state index in [2.05, 4.69) is 75.4 Å². The summed E-state index contributed by atoms with van der Waals surface area (Å²) < 4.78 is 0. The molecule has 0 radical (unpaired) electrons. The summed E-state index contributed by atoms with van der Waals surface area (Å²) in [7, 11) is 0. The van der Waals surface area contributed by atoms with E-state index in [9.17, 15) is 0 Å². The minimum atomic E-state index is 1.08. The lowest BCUT2D eigenvalue weighted by molar-refractivity contribution is 1.23. The standard InChI is InChI=1S/C18H20/c1-4-5-6-16-11-12-18(13-15(16)3)17-9-7-14(2)8-10-17/h5-13H,4H2,1-3H3/b6-5-. The Morgan fingerprint density at radius 3 is 2.17 bits per heavy atom. The molecule has 0 nitrogen and oxygen atoms in total. The highest BCUT2D eigenvalue weighted by molar-refractivity contribution is 5.67. The summed E-state index contributed by atoms with van der Waals surface area (Å²) in [4.78, 5) is 0. The van der Waals surface area contributed by atoms with Crippen LogP contribution in [-0.4, -0.2) is 0 Å². The molecule has 0 N–H and O–H groups in total. The monoisotopic (exact) mass is 236 g/mol. The zero-order chi connectivity index (χ0) is 13.0. The van der Waals surface area contributed by atoms with Crippen molar-refractivity contribution in [3.8, 4) is 11.1 Å². The van der Waals surface area contributed by atoms with Crippen LogP contribution in [0.3, 0.4) is 0 Å². The molecule has 0 heterocycles. The van der Waals surface area contributed by atoms with Gasteiger partial charge in [0.25, 0.3) is 0 Å². The van der Waals surface area contributed by atoms with Gasteiger partial charge >= 0.3 is 0 Å². The second-order valence-electron chi connectivity index (χ2n) is 4.75. The summed E-state index contributed by atoms with van der Waals surface area (Å²) in [5.74, 6) is 0. The van der Waals surface area contributed by atoms with Gasteiger partial charge in [0.05, 0.1) is 0 Å². The van der Waals surface area contributed by atoms with Crippen LogP contribution in [0.15, 0.2) is 48.5 Å². The summed E-state index contributed by atoms with van der Waals surface area (Å²) in [6.07, 6.45) is 5.49. The molecule has 0 unspecified atom stereocenters. The van der Waals surface area contributed by atoms with Crippen molar-refractivity contribution < 1.29 is 0 Å². The van der Waals surface area contributed by atoms with Gasteiger partial charge in [0.15, 0.2) is 0 Å².